The lowest BCUT2D eigenvalue weighted by Gasteiger charge is -2.19. The van der Waals surface area contributed by atoms with Gasteiger partial charge in [0.15, 0.2) is 0 Å². The maximum atomic E-state index is 12.3. The summed E-state index contributed by atoms with van der Waals surface area (Å²) in [5.74, 6) is -0.240. The van der Waals surface area contributed by atoms with Gasteiger partial charge in [-0.25, -0.2) is 0 Å². The zero-order valence-corrected chi connectivity index (χ0v) is 13.1. The summed E-state index contributed by atoms with van der Waals surface area (Å²) in [6, 6.07) is 7.04. The Balaban J connectivity index is 2.81. The average Bonchev–Trinajstić information content (AvgIpc) is 2.48. The molecule has 0 aliphatic carbocycles. The highest BCUT2D eigenvalue weighted by atomic mass is 16.2. The van der Waals surface area contributed by atoms with E-state index >= 15 is 0 Å². The summed E-state index contributed by atoms with van der Waals surface area (Å²) in [5, 5.41) is 2.83. The molecule has 116 valence electrons. The number of nitrogens with one attached hydrogen (secondary N) is 1. The highest BCUT2D eigenvalue weighted by Crippen LogP contribution is 2.14. The van der Waals surface area contributed by atoms with Crippen LogP contribution in [0.3, 0.4) is 0 Å². The van der Waals surface area contributed by atoms with Gasteiger partial charge in [-0.2, -0.15) is 0 Å². The highest BCUT2D eigenvalue weighted by molar-refractivity contribution is 5.97. The first-order valence-corrected chi connectivity index (χ1v) is 7.43. The minimum absolute atomic E-state index is 0.0221. The van der Waals surface area contributed by atoms with Gasteiger partial charge >= 0.3 is 0 Å². The number of anilines is 1. The predicted octanol–water partition coefficient (Wildman–Crippen LogP) is 2.09. The SMILES string of the molecule is CCN(CC)C(=O)c1cccc(NC(=O)C(C)CCN)c1. The number of hydrogen-bond acceptors (Lipinski definition) is 3. The molecule has 0 aliphatic rings. The van der Waals surface area contributed by atoms with Gasteiger partial charge in [0.1, 0.15) is 0 Å². The van der Waals surface area contributed by atoms with Crippen LogP contribution in [0, 0.1) is 5.92 Å². The van der Waals surface area contributed by atoms with E-state index in [-0.39, 0.29) is 17.7 Å². The molecule has 0 bridgehead atoms. The molecular formula is C16H25N3O2. The van der Waals surface area contributed by atoms with E-state index in [1.807, 2.05) is 20.8 Å². The van der Waals surface area contributed by atoms with Crippen molar-refractivity contribution in [2.75, 3.05) is 25.0 Å². The van der Waals surface area contributed by atoms with Gasteiger partial charge < -0.3 is 16.0 Å². The van der Waals surface area contributed by atoms with Crippen LogP contribution in [0.2, 0.25) is 0 Å². The molecule has 0 aliphatic heterocycles. The molecule has 0 radical (unpaired) electrons. The van der Waals surface area contributed by atoms with Crippen LogP contribution in [-0.2, 0) is 4.79 Å². The van der Waals surface area contributed by atoms with Gasteiger partial charge in [0.2, 0.25) is 5.91 Å². The fourth-order valence-electron chi connectivity index (χ4n) is 2.07. The first kappa shape index (κ1) is 17.2. The van der Waals surface area contributed by atoms with Crippen molar-refractivity contribution in [3.05, 3.63) is 29.8 Å². The average molecular weight is 291 g/mol. The molecule has 3 N–H and O–H groups in total. The van der Waals surface area contributed by atoms with Crippen molar-refractivity contribution in [3.63, 3.8) is 0 Å². The standard InChI is InChI=1S/C16H25N3O2/c1-4-19(5-2)16(21)13-7-6-8-14(11-13)18-15(20)12(3)9-10-17/h6-8,11-12H,4-5,9-10,17H2,1-3H3,(H,18,20). The van der Waals surface area contributed by atoms with Gasteiger partial charge in [-0.3, -0.25) is 9.59 Å². The molecule has 0 saturated heterocycles. The third-order valence-corrected chi connectivity index (χ3v) is 3.47. The summed E-state index contributed by atoms with van der Waals surface area (Å²) in [5.41, 5.74) is 6.68. The van der Waals surface area contributed by atoms with Gasteiger partial charge in [0.25, 0.3) is 5.91 Å². The van der Waals surface area contributed by atoms with E-state index in [4.69, 9.17) is 5.73 Å². The summed E-state index contributed by atoms with van der Waals surface area (Å²) < 4.78 is 0. The number of carbonyl (C=O) groups excluding carboxylic acids is 2. The Morgan fingerprint density at radius 1 is 1.29 bits per heavy atom. The first-order chi connectivity index (χ1) is 10.0. The van der Waals surface area contributed by atoms with Crippen LogP contribution in [0.4, 0.5) is 5.69 Å². The number of amides is 2. The van der Waals surface area contributed by atoms with Crippen molar-refractivity contribution < 1.29 is 9.59 Å². The lowest BCUT2D eigenvalue weighted by Crippen LogP contribution is -2.30. The third-order valence-electron chi connectivity index (χ3n) is 3.47. The Hall–Kier alpha value is -1.88. The molecule has 21 heavy (non-hydrogen) atoms. The number of benzene rings is 1. The fraction of sp³-hybridized carbons (Fsp3) is 0.500. The second-order valence-corrected chi connectivity index (χ2v) is 5.03. The molecule has 1 atom stereocenters. The number of hydrogen-bond donors (Lipinski definition) is 2. The minimum Gasteiger partial charge on any atom is -0.339 e. The van der Waals surface area contributed by atoms with Gasteiger partial charge in [-0.05, 0) is 45.0 Å². The van der Waals surface area contributed by atoms with E-state index in [2.05, 4.69) is 5.32 Å². The van der Waals surface area contributed by atoms with Gasteiger partial charge in [0, 0.05) is 30.3 Å². The van der Waals surface area contributed by atoms with Crippen molar-refractivity contribution in [2.45, 2.75) is 27.2 Å². The molecule has 0 spiro atoms. The topological polar surface area (TPSA) is 75.4 Å². The molecular weight excluding hydrogens is 266 g/mol. The molecule has 5 nitrogen and oxygen atoms in total. The molecule has 0 saturated carbocycles. The highest BCUT2D eigenvalue weighted by Gasteiger charge is 2.15. The quantitative estimate of drug-likeness (QED) is 0.807. The molecule has 1 aromatic carbocycles. The van der Waals surface area contributed by atoms with Crippen molar-refractivity contribution in [1.82, 2.24) is 4.90 Å². The molecule has 0 heterocycles. The molecule has 5 heteroatoms. The van der Waals surface area contributed by atoms with Crippen LogP contribution < -0.4 is 11.1 Å². The van der Waals surface area contributed by atoms with Crippen molar-refractivity contribution in [2.24, 2.45) is 11.7 Å². The van der Waals surface area contributed by atoms with E-state index < -0.39 is 0 Å². The van der Waals surface area contributed by atoms with Crippen LogP contribution in [0.15, 0.2) is 24.3 Å². The Bertz CT molecular complexity index is 484. The zero-order chi connectivity index (χ0) is 15.8. The Morgan fingerprint density at radius 3 is 2.52 bits per heavy atom. The second kappa shape index (κ2) is 8.42. The molecule has 2 amide bonds. The zero-order valence-electron chi connectivity index (χ0n) is 13.1. The van der Waals surface area contributed by atoms with Crippen LogP contribution in [0.1, 0.15) is 37.6 Å². The van der Waals surface area contributed by atoms with E-state index in [0.29, 0.717) is 37.3 Å². The molecule has 0 aromatic heterocycles. The van der Waals surface area contributed by atoms with Crippen LogP contribution in [0.5, 0.6) is 0 Å². The minimum atomic E-state index is -0.142. The summed E-state index contributed by atoms with van der Waals surface area (Å²) in [7, 11) is 0. The fourth-order valence-corrected chi connectivity index (χ4v) is 2.07. The summed E-state index contributed by atoms with van der Waals surface area (Å²) >= 11 is 0. The lowest BCUT2D eigenvalue weighted by atomic mass is 10.1. The van der Waals surface area contributed by atoms with Gasteiger partial charge in [-0.1, -0.05) is 13.0 Å². The lowest BCUT2D eigenvalue weighted by molar-refractivity contribution is -0.119. The van der Waals surface area contributed by atoms with Crippen LogP contribution in [0.25, 0.3) is 0 Å². The van der Waals surface area contributed by atoms with Gasteiger partial charge in [0.05, 0.1) is 0 Å². The Kier molecular flexibility index (Phi) is 6.88. The largest absolute Gasteiger partial charge is 0.339 e. The van der Waals surface area contributed by atoms with Crippen molar-refractivity contribution in [1.29, 1.82) is 0 Å². The number of rotatable bonds is 7. The number of carbonyl (C=O) groups is 2. The van der Waals surface area contributed by atoms with Crippen LogP contribution >= 0.6 is 0 Å². The van der Waals surface area contributed by atoms with E-state index in [0.717, 1.165) is 0 Å². The molecule has 0 fully saturated rings. The van der Waals surface area contributed by atoms with Crippen LogP contribution in [-0.4, -0.2) is 36.3 Å². The number of nitrogens with zero attached hydrogens (tertiary/aromatic N) is 1. The molecule has 1 aromatic rings. The Morgan fingerprint density at radius 2 is 1.95 bits per heavy atom. The first-order valence-electron chi connectivity index (χ1n) is 7.43. The monoisotopic (exact) mass is 291 g/mol. The third kappa shape index (κ3) is 4.86. The molecule has 1 rings (SSSR count). The van der Waals surface area contributed by atoms with E-state index in [1.165, 1.54) is 0 Å². The van der Waals surface area contributed by atoms with Crippen molar-refractivity contribution in [3.8, 4) is 0 Å². The summed E-state index contributed by atoms with van der Waals surface area (Å²) in [6.07, 6.45) is 0.643. The van der Waals surface area contributed by atoms with E-state index in [9.17, 15) is 9.59 Å². The van der Waals surface area contributed by atoms with Gasteiger partial charge in [-0.15, -0.1) is 0 Å². The molecule has 1 unspecified atom stereocenters. The normalized spacial score (nSPS) is 11.8. The second-order valence-electron chi connectivity index (χ2n) is 5.03. The smallest absolute Gasteiger partial charge is 0.253 e. The number of nitrogens with two attached hydrogens (primary N) is 1. The summed E-state index contributed by atoms with van der Waals surface area (Å²) in [4.78, 5) is 26.0. The van der Waals surface area contributed by atoms with E-state index in [1.54, 1.807) is 29.2 Å². The maximum absolute atomic E-state index is 12.3. The predicted molar refractivity (Wildman–Crippen MR) is 85.2 cm³/mol. The Labute approximate surface area is 126 Å². The maximum Gasteiger partial charge on any atom is 0.253 e. The van der Waals surface area contributed by atoms with Crippen molar-refractivity contribution >= 4 is 17.5 Å². The summed E-state index contributed by atoms with van der Waals surface area (Å²) in [6.45, 7) is 7.55.